The van der Waals surface area contributed by atoms with Gasteiger partial charge in [-0.15, -0.1) is 0 Å². The lowest BCUT2D eigenvalue weighted by atomic mass is 9.89. The molecule has 2 atom stereocenters. The Balaban J connectivity index is 3.31. The van der Waals surface area contributed by atoms with Crippen molar-refractivity contribution < 1.29 is 10.2 Å². The van der Waals surface area contributed by atoms with Crippen molar-refractivity contribution in [2.24, 2.45) is 0 Å². The highest BCUT2D eigenvalue weighted by Crippen LogP contribution is 2.29. The average Bonchev–Trinajstić information content (AvgIpc) is 2.25. The molecule has 0 aromatic heterocycles. The lowest BCUT2D eigenvalue weighted by molar-refractivity contribution is 0.0329. The zero-order chi connectivity index (χ0) is 12.5. The van der Waals surface area contributed by atoms with E-state index in [-0.39, 0.29) is 5.75 Å². The quantitative estimate of drug-likeness (QED) is 0.709. The second-order valence-electron chi connectivity index (χ2n) is 4.37. The van der Waals surface area contributed by atoms with Crippen LogP contribution in [0.3, 0.4) is 0 Å². The van der Waals surface area contributed by atoms with Gasteiger partial charge in [0, 0.05) is 5.75 Å². The number of aliphatic hydroxyl groups excluding tert-OH is 2. The fraction of sp³-hybridized carbons (Fsp3) is 0.538. The van der Waals surface area contributed by atoms with Crippen LogP contribution in [0, 0.1) is 27.7 Å². The summed E-state index contributed by atoms with van der Waals surface area (Å²) in [6.45, 7) is 7.99. The maximum Gasteiger partial charge on any atom is 0.106 e. The molecule has 90 valence electrons. The Morgan fingerprint density at radius 3 is 1.88 bits per heavy atom. The van der Waals surface area contributed by atoms with Crippen LogP contribution in [0.1, 0.15) is 33.9 Å². The molecule has 0 fully saturated rings. The topological polar surface area (TPSA) is 40.5 Å². The molecule has 0 saturated carbocycles. The zero-order valence-electron chi connectivity index (χ0n) is 10.3. The van der Waals surface area contributed by atoms with E-state index < -0.39 is 12.2 Å². The highest BCUT2D eigenvalue weighted by atomic mass is 32.1. The van der Waals surface area contributed by atoms with Crippen LogP contribution in [0.15, 0.2) is 6.07 Å². The summed E-state index contributed by atoms with van der Waals surface area (Å²) < 4.78 is 0. The minimum absolute atomic E-state index is 0.257. The van der Waals surface area contributed by atoms with Crippen molar-refractivity contribution in [1.82, 2.24) is 0 Å². The smallest absolute Gasteiger partial charge is 0.106 e. The summed E-state index contributed by atoms with van der Waals surface area (Å²) in [7, 11) is 0. The molecule has 1 aromatic carbocycles. The van der Waals surface area contributed by atoms with Crippen LogP contribution in [0.4, 0.5) is 0 Å². The van der Waals surface area contributed by atoms with E-state index in [4.69, 9.17) is 0 Å². The van der Waals surface area contributed by atoms with Gasteiger partial charge < -0.3 is 10.2 Å². The number of hydrogen-bond acceptors (Lipinski definition) is 3. The Hall–Kier alpha value is -0.510. The minimum Gasteiger partial charge on any atom is -0.389 e. The van der Waals surface area contributed by atoms with Crippen molar-refractivity contribution in [3.63, 3.8) is 0 Å². The van der Waals surface area contributed by atoms with E-state index in [9.17, 15) is 10.2 Å². The SMILES string of the molecule is Cc1cc(C)c(C)c(C(O)C(O)CS)c1C. The highest BCUT2D eigenvalue weighted by molar-refractivity contribution is 7.80. The molecule has 0 amide bonds. The summed E-state index contributed by atoms with van der Waals surface area (Å²) in [6.07, 6.45) is -1.67. The summed E-state index contributed by atoms with van der Waals surface area (Å²) in [5.74, 6) is 0.257. The highest BCUT2D eigenvalue weighted by Gasteiger charge is 2.22. The Bertz CT molecular complexity index is 362. The molecule has 0 spiro atoms. The van der Waals surface area contributed by atoms with Crippen molar-refractivity contribution in [3.05, 3.63) is 33.9 Å². The summed E-state index contributed by atoms with van der Waals surface area (Å²) in [5, 5.41) is 19.8. The predicted molar refractivity (Wildman–Crippen MR) is 70.2 cm³/mol. The first-order chi connectivity index (χ1) is 7.40. The number of hydrogen-bond donors (Lipinski definition) is 3. The molecule has 0 radical (unpaired) electrons. The van der Waals surface area contributed by atoms with E-state index in [1.165, 1.54) is 0 Å². The molecule has 0 bridgehead atoms. The fourth-order valence-electron chi connectivity index (χ4n) is 1.98. The van der Waals surface area contributed by atoms with E-state index in [1.54, 1.807) is 0 Å². The molecule has 1 aromatic rings. The van der Waals surface area contributed by atoms with Crippen LogP contribution in [0.5, 0.6) is 0 Å². The Labute approximate surface area is 103 Å². The van der Waals surface area contributed by atoms with Crippen LogP contribution in [-0.2, 0) is 0 Å². The third-order valence-corrected chi connectivity index (χ3v) is 3.65. The second-order valence-corrected chi connectivity index (χ2v) is 4.73. The van der Waals surface area contributed by atoms with Gasteiger partial charge in [-0.05, 0) is 55.5 Å². The van der Waals surface area contributed by atoms with Crippen molar-refractivity contribution >= 4 is 12.6 Å². The lowest BCUT2D eigenvalue weighted by Crippen LogP contribution is -2.22. The third kappa shape index (κ3) is 2.42. The lowest BCUT2D eigenvalue weighted by Gasteiger charge is -2.23. The molecule has 2 nitrogen and oxygen atoms in total. The van der Waals surface area contributed by atoms with Gasteiger partial charge in [-0.25, -0.2) is 0 Å². The van der Waals surface area contributed by atoms with Gasteiger partial charge in [0.1, 0.15) is 6.10 Å². The molecular weight excluding hydrogens is 220 g/mol. The first-order valence-electron chi connectivity index (χ1n) is 5.44. The van der Waals surface area contributed by atoms with E-state index in [0.29, 0.717) is 0 Å². The van der Waals surface area contributed by atoms with Gasteiger partial charge >= 0.3 is 0 Å². The van der Waals surface area contributed by atoms with Crippen LogP contribution < -0.4 is 0 Å². The largest absolute Gasteiger partial charge is 0.389 e. The second kappa shape index (κ2) is 5.21. The molecule has 0 aliphatic rings. The van der Waals surface area contributed by atoms with Gasteiger partial charge in [0.2, 0.25) is 0 Å². The number of benzene rings is 1. The van der Waals surface area contributed by atoms with Gasteiger partial charge in [-0.2, -0.15) is 12.6 Å². The molecular formula is C13H20O2S. The van der Waals surface area contributed by atoms with E-state index in [2.05, 4.69) is 18.7 Å². The molecule has 2 unspecified atom stereocenters. The minimum atomic E-state index is -0.851. The predicted octanol–water partition coefficient (Wildman–Crippen LogP) is 2.24. The maximum atomic E-state index is 10.1. The monoisotopic (exact) mass is 240 g/mol. The first-order valence-corrected chi connectivity index (χ1v) is 6.07. The Kier molecular flexibility index (Phi) is 4.42. The molecule has 16 heavy (non-hydrogen) atoms. The van der Waals surface area contributed by atoms with Crippen molar-refractivity contribution in [2.45, 2.75) is 39.9 Å². The summed E-state index contributed by atoms with van der Waals surface area (Å²) in [6, 6.07) is 2.11. The average molecular weight is 240 g/mol. The molecule has 2 N–H and O–H groups in total. The fourth-order valence-corrected chi connectivity index (χ4v) is 2.18. The first kappa shape index (κ1) is 13.6. The normalized spacial score (nSPS) is 14.9. The zero-order valence-corrected chi connectivity index (χ0v) is 11.2. The molecule has 0 aliphatic heterocycles. The maximum absolute atomic E-state index is 10.1. The van der Waals surface area contributed by atoms with Crippen LogP contribution in [-0.4, -0.2) is 22.1 Å². The van der Waals surface area contributed by atoms with Crippen molar-refractivity contribution in [3.8, 4) is 0 Å². The Morgan fingerprint density at radius 2 is 1.50 bits per heavy atom. The van der Waals surface area contributed by atoms with E-state index in [1.807, 2.05) is 27.7 Å². The molecule has 0 saturated heterocycles. The van der Waals surface area contributed by atoms with E-state index >= 15 is 0 Å². The van der Waals surface area contributed by atoms with Crippen LogP contribution in [0.25, 0.3) is 0 Å². The van der Waals surface area contributed by atoms with Gasteiger partial charge in [-0.1, -0.05) is 6.07 Å². The molecule has 1 rings (SSSR count). The summed E-state index contributed by atoms with van der Waals surface area (Å²) in [5.41, 5.74) is 5.24. The van der Waals surface area contributed by atoms with Gasteiger partial charge in [-0.3, -0.25) is 0 Å². The van der Waals surface area contributed by atoms with Gasteiger partial charge in [0.15, 0.2) is 0 Å². The number of aliphatic hydroxyl groups is 2. The van der Waals surface area contributed by atoms with Crippen molar-refractivity contribution in [2.75, 3.05) is 5.75 Å². The van der Waals surface area contributed by atoms with Crippen LogP contribution in [0.2, 0.25) is 0 Å². The van der Waals surface area contributed by atoms with Gasteiger partial charge in [0.05, 0.1) is 6.10 Å². The van der Waals surface area contributed by atoms with Crippen LogP contribution >= 0.6 is 12.6 Å². The molecule has 0 heterocycles. The van der Waals surface area contributed by atoms with Gasteiger partial charge in [0.25, 0.3) is 0 Å². The standard InChI is InChI=1S/C13H20O2S/c1-7-5-8(2)10(4)12(9(7)3)13(15)11(14)6-16/h5,11,13-16H,6H2,1-4H3. The molecule has 0 aliphatic carbocycles. The van der Waals surface area contributed by atoms with E-state index in [0.717, 1.165) is 27.8 Å². The Morgan fingerprint density at radius 1 is 1.06 bits per heavy atom. The third-order valence-electron chi connectivity index (χ3n) is 3.27. The van der Waals surface area contributed by atoms with Crippen molar-refractivity contribution in [1.29, 1.82) is 0 Å². The number of thiol groups is 1. The molecule has 3 heteroatoms. The number of rotatable bonds is 3. The summed E-state index contributed by atoms with van der Waals surface area (Å²) >= 11 is 4.02. The number of aryl methyl sites for hydroxylation is 2. The summed E-state index contributed by atoms with van der Waals surface area (Å²) in [4.78, 5) is 0.